The van der Waals surface area contributed by atoms with E-state index in [9.17, 15) is 0 Å². The molecule has 2 aromatic heterocycles. The number of rotatable bonds is 4. The van der Waals surface area contributed by atoms with Gasteiger partial charge < -0.3 is 9.09 Å². The molecule has 1 N–H and O–H groups in total. The van der Waals surface area contributed by atoms with Crippen LogP contribution in [-0.2, 0) is 13.6 Å². The van der Waals surface area contributed by atoms with Crippen LogP contribution in [-0.4, -0.2) is 19.7 Å². The van der Waals surface area contributed by atoms with E-state index in [0.29, 0.717) is 18.3 Å². The second kappa shape index (κ2) is 5.05. The number of nitrogens with zero attached hydrogens (tertiary/aromatic N) is 4. The molecule has 0 aliphatic carbocycles. The van der Waals surface area contributed by atoms with Gasteiger partial charge in [0.1, 0.15) is 5.82 Å². The third-order valence-corrected chi connectivity index (χ3v) is 3.34. The van der Waals surface area contributed by atoms with Gasteiger partial charge in [0.15, 0.2) is 5.82 Å². The Bertz CT molecular complexity index is 730. The van der Waals surface area contributed by atoms with Crippen LogP contribution in [0.5, 0.6) is 0 Å². The Hall–Kier alpha value is -2.21. The molecule has 1 atom stereocenters. The summed E-state index contributed by atoms with van der Waals surface area (Å²) >= 11 is 0. The lowest BCUT2D eigenvalue weighted by Gasteiger charge is -2.12. The SMILES string of the molecule is Cc1noc(CNC(C)c2nc3ccccc3n2C)n1. The number of aromatic nitrogens is 4. The molecule has 0 spiro atoms. The Morgan fingerprint density at radius 1 is 1.30 bits per heavy atom. The zero-order valence-corrected chi connectivity index (χ0v) is 11.8. The van der Waals surface area contributed by atoms with Crippen LogP contribution in [0.2, 0.25) is 0 Å². The fraction of sp³-hybridized carbons (Fsp3) is 0.357. The third-order valence-electron chi connectivity index (χ3n) is 3.34. The highest BCUT2D eigenvalue weighted by atomic mass is 16.5. The van der Waals surface area contributed by atoms with Gasteiger partial charge in [0.2, 0.25) is 5.89 Å². The summed E-state index contributed by atoms with van der Waals surface area (Å²) in [5, 5.41) is 7.12. The molecule has 0 saturated heterocycles. The zero-order chi connectivity index (χ0) is 14.1. The largest absolute Gasteiger partial charge is 0.338 e. The monoisotopic (exact) mass is 271 g/mol. The summed E-state index contributed by atoms with van der Waals surface area (Å²) in [6.07, 6.45) is 0. The van der Waals surface area contributed by atoms with Crippen molar-refractivity contribution < 1.29 is 4.52 Å². The molecule has 0 saturated carbocycles. The van der Waals surface area contributed by atoms with Gasteiger partial charge in [0, 0.05) is 7.05 Å². The summed E-state index contributed by atoms with van der Waals surface area (Å²) in [6.45, 7) is 4.41. The van der Waals surface area contributed by atoms with Crippen molar-refractivity contribution in [2.75, 3.05) is 0 Å². The second-order valence-electron chi connectivity index (χ2n) is 4.86. The van der Waals surface area contributed by atoms with E-state index >= 15 is 0 Å². The van der Waals surface area contributed by atoms with Crippen molar-refractivity contribution in [3.63, 3.8) is 0 Å². The lowest BCUT2D eigenvalue weighted by molar-refractivity contribution is 0.355. The molecule has 0 aliphatic heterocycles. The van der Waals surface area contributed by atoms with Gasteiger partial charge in [-0.3, -0.25) is 5.32 Å². The van der Waals surface area contributed by atoms with Crippen LogP contribution in [0.1, 0.15) is 30.5 Å². The number of nitrogens with one attached hydrogen (secondary N) is 1. The molecule has 0 bridgehead atoms. The van der Waals surface area contributed by atoms with Gasteiger partial charge in [0.25, 0.3) is 0 Å². The van der Waals surface area contributed by atoms with Gasteiger partial charge in [-0.05, 0) is 26.0 Å². The zero-order valence-electron chi connectivity index (χ0n) is 11.8. The van der Waals surface area contributed by atoms with E-state index in [1.165, 1.54) is 0 Å². The molecule has 6 nitrogen and oxygen atoms in total. The van der Waals surface area contributed by atoms with E-state index in [1.54, 1.807) is 0 Å². The van der Waals surface area contributed by atoms with Gasteiger partial charge in [-0.1, -0.05) is 17.3 Å². The van der Waals surface area contributed by atoms with Gasteiger partial charge in [-0.15, -0.1) is 0 Å². The fourth-order valence-corrected chi connectivity index (χ4v) is 2.29. The highest BCUT2D eigenvalue weighted by Gasteiger charge is 2.14. The molecule has 3 aromatic rings. The Morgan fingerprint density at radius 2 is 2.10 bits per heavy atom. The molecular weight excluding hydrogens is 254 g/mol. The van der Waals surface area contributed by atoms with E-state index < -0.39 is 0 Å². The summed E-state index contributed by atoms with van der Waals surface area (Å²) in [4.78, 5) is 8.84. The first-order valence-electron chi connectivity index (χ1n) is 6.59. The normalized spacial score (nSPS) is 12.9. The molecule has 1 unspecified atom stereocenters. The molecule has 1 aromatic carbocycles. The maximum Gasteiger partial charge on any atom is 0.240 e. The van der Waals surface area contributed by atoms with E-state index in [1.807, 2.05) is 32.2 Å². The van der Waals surface area contributed by atoms with E-state index in [-0.39, 0.29) is 6.04 Å². The van der Waals surface area contributed by atoms with Gasteiger partial charge >= 0.3 is 0 Å². The summed E-state index contributed by atoms with van der Waals surface area (Å²) in [7, 11) is 2.03. The molecule has 0 amide bonds. The molecule has 0 fully saturated rings. The number of hydrogen-bond donors (Lipinski definition) is 1. The number of benzene rings is 1. The summed E-state index contributed by atoms with van der Waals surface area (Å²) in [5.41, 5.74) is 2.14. The molecule has 6 heteroatoms. The van der Waals surface area contributed by atoms with Crippen LogP contribution in [0.4, 0.5) is 0 Å². The Kier molecular flexibility index (Phi) is 3.23. The smallest absolute Gasteiger partial charge is 0.240 e. The van der Waals surface area contributed by atoms with Crippen molar-refractivity contribution >= 4 is 11.0 Å². The number of hydrogen-bond acceptors (Lipinski definition) is 5. The molecule has 3 rings (SSSR count). The van der Waals surface area contributed by atoms with Crippen LogP contribution in [0.15, 0.2) is 28.8 Å². The van der Waals surface area contributed by atoms with Crippen molar-refractivity contribution in [3.05, 3.63) is 41.8 Å². The second-order valence-corrected chi connectivity index (χ2v) is 4.86. The molecule has 0 radical (unpaired) electrons. The van der Waals surface area contributed by atoms with Gasteiger partial charge in [-0.25, -0.2) is 4.98 Å². The Morgan fingerprint density at radius 3 is 2.80 bits per heavy atom. The maximum atomic E-state index is 5.09. The van der Waals surface area contributed by atoms with E-state index in [2.05, 4.69) is 38.0 Å². The van der Waals surface area contributed by atoms with Crippen molar-refractivity contribution in [1.29, 1.82) is 0 Å². The Balaban J connectivity index is 1.78. The predicted octanol–water partition coefficient (Wildman–Crippen LogP) is 2.12. The third kappa shape index (κ3) is 2.30. The van der Waals surface area contributed by atoms with Crippen LogP contribution >= 0.6 is 0 Å². The van der Waals surface area contributed by atoms with Crippen LogP contribution in [0, 0.1) is 6.92 Å². The van der Waals surface area contributed by atoms with Crippen molar-refractivity contribution in [2.24, 2.45) is 7.05 Å². The number of aryl methyl sites for hydroxylation is 2. The topological polar surface area (TPSA) is 68.8 Å². The highest BCUT2D eigenvalue weighted by molar-refractivity contribution is 5.75. The van der Waals surface area contributed by atoms with Crippen molar-refractivity contribution in [1.82, 2.24) is 25.0 Å². The first kappa shape index (κ1) is 12.8. The highest BCUT2D eigenvalue weighted by Crippen LogP contribution is 2.19. The average Bonchev–Trinajstić information content (AvgIpc) is 3.01. The maximum absolute atomic E-state index is 5.09. The lowest BCUT2D eigenvalue weighted by atomic mass is 10.3. The molecule has 2 heterocycles. The first-order chi connectivity index (χ1) is 9.65. The molecule has 0 aliphatic rings. The number of imidazole rings is 1. The number of fused-ring (bicyclic) bond motifs is 1. The van der Waals surface area contributed by atoms with Crippen LogP contribution in [0.3, 0.4) is 0 Å². The van der Waals surface area contributed by atoms with Crippen molar-refractivity contribution in [2.45, 2.75) is 26.4 Å². The minimum absolute atomic E-state index is 0.0969. The Labute approximate surface area is 116 Å². The summed E-state index contributed by atoms with van der Waals surface area (Å²) in [6, 6.07) is 8.21. The van der Waals surface area contributed by atoms with E-state index in [0.717, 1.165) is 16.9 Å². The van der Waals surface area contributed by atoms with Gasteiger partial charge in [0.05, 0.1) is 23.6 Å². The van der Waals surface area contributed by atoms with Gasteiger partial charge in [-0.2, -0.15) is 4.98 Å². The minimum Gasteiger partial charge on any atom is -0.338 e. The molecule has 20 heavy (non-hydrogen) atoms. The summed E-state index contributed by atoms with van der Waals surface area (Å²) in [5.74, 6) is 2.23. The first-order valence-corrected chi connectivity index (χ1v) is 6.59. The number of para-hydroxylation sites is 2. The standard InChI is InChI=1S/C14H17N5O/c1-9(15-8-13-16-10(2)18-20-13)14-17-11-6-4-5-7-12(11)19(14)3/h4-7,9,15H,8H2,1-3H3. The van der Waals surface area contributed by atoms with E-state index in [4.69, 9.17) is 4.52 Å². The minimum atomic E-state index is 0.0969. The quantitative estimate of drug-likeness (QED) is 0.787. The average molecular weight is 271 g/mol. The predicted molar refractivity (Wildman–Crippen MR) is 75.0 cm³/mol. The molecular formula is C14H17N5O. The lowest BCUT2D eigenvalue weighted by Crippen LogP contribution is -2.21. The van der Waals surface area contributed by atoms with Crippen LogP contribution < -0.4 is 5.32 Å². The molecule has 104 valence electrons. The fourth-order valence-electron chi connectivity index (χ4n) is 2.29. The summed E-state index contributed by atoms with van der Waals surface area (Å²) < 4.78 is 7.19. The van der Waals surface area contributed by atoms with Crippen molar-refractivity contribution in [3.8, 4) is 0 Å². The van der Waals surface area contributed by atoms with Crippen LogP contribution in [0.25, 0.3) is 11.0 Å².